The van der Waals surface area contributed by atoms with Crippen molar-refractivity contribution in [3.63, 3.8) is 0 Å². The molecule has 0 radical (unpaired) electrons. The van der Waals surface area contributed by atoms with E-state index in [1.807, 2.05) is 0 Å². The molecule has 1 aliphatic heterocycles. The number of halogens is 3. The first-order chi connectivity index (χ1) is 17.7. The molecule has 6 atom stereocenters. The Balaban J connectivity index is 1.89. The predicted octanol–water partition coefficient (Wildman–Crippen LogP) is 3.27. The maximum atomic E-state index is 15.8. The number of rotatable bonds is 11. The number of nitrogens with one attached hydrogen (secondary N) is 2. The minimum absolute atomic E-state index is 0.0128. The van der Waals surface area contributed by atoms with E-state index in [-0.39, 0.29) is 10.4 Å². The van der Waals surface area contributed by atoms with Gasteiger partial charge in [0.2, 0.25) is 5.67 Å². The average molecular weight is 582 g/mol. The van der Waals surface area contributed by atoms with Crippen LogP contribution in [0.1, 0.15) is 27.0 Å². The Labute approximate surface area is 220 Å². The van der Waals surface area contributed by atoms with Gasteiger partial charge in [-0.15, -0.1) is 0 Å². The van der Waals surface area contributed by atoms with E-state index in [9.17, 15) is 23.7 Å². The number of hydrogen-bond acceptors (Lipinski definition) is 9. The van der Waals surface area contributed by atoms with Crippen LogP contribution in [0.5, 0.6) is 5.75 Å². The van der Waals surface area contributed by atoms with Gasteiger partial charge in [-0.25, -0.2) is 22.5 Å². The van der Waals surface area contributed by atoms with Crippen molar-refractivity contribution in [2.45, 2.75) is 56.8 Å². The van der Waals surface area contributed by atoms with Gasteiger partial charge in [0.25, 0.3) is 5.85 Å². The van der Waals surface area contributed by atoms with E-state index < -0.39 is 68.7 Å². The maximum Gasteiger partial charge on any atom is 0.459 e. The molecule has 1 saturated heterocycles. The molecule has 2 unspecified atom stereocenters. The number of aromatic amines is 1. The third-order valence-electron chi connectivity index (χ3n) is 5.35. The molecular weight excluding hydrogens is 554 g/mol. The number of carbonyl (C=O) groups is 1. The van der Waals surface area contributed by atoms with Crippen LogP contribution < -0.4 is 15.3 Å². The average Bonchev–Trinajstić information content (AvgIpc) is 3.05. The Bertz CT molecular complexity index is 1300. The zero-order valence-corrected chi connectivity index (χ0v) is 22.2. The van der Waals surface area contributed by atoms with Crippen LogP contribution >= 0.6 is 20.0 Å². The van der Waals surface area contributed by atoms with Crippen molar-refractivity contribution in [3.8, 4) is 5.75 Å². The number of nitrogens with zero attached hydrogens (tertiary/aromatic N) is 1. The number of benzene rings is 1. The van der Waals surface area contributed by atoms with E-state index in [2.05, 4.69) is 10.1 Å². The minimum Gasteiger partial charge on any atom is -0.462 e. The zero-order valence-electron chi connectivity index (χ0n) is 20.5. The van der Waals surface area contributed by atoms with Gasteiger partial charge >= 0.3 is 19.4 Å². The molecule has 0 aliphatic carbocycles. The quantitative estimate of drug-likeness (QED) is 0.206. The van der Waals surface area contributed by atoms with Crippen molar-refractivity contribution in [1.29, 1.82) is 0 Å². The third kappa shape index (κ3) is 6.53. The standard InChI is InChI=1S/C22H27F3N3O8PS/c1-13(2)34-17(29)14(3)27-37(32,36-15-7-5-4-6-8-15)33-12-22(25)18(30)21(24,11-23)19(35-22)28-10-9-16(38)26-20(28)31/h4-10,13-14,18-19,30H,11-12H2,1-3H3,(H,27,32)(H,26,31,38)/t14-,18?,19+,21+,22+,37?/m0/s1. The van der Waals surface area contributed by atoms with Crippen LogP contribution in [0.4, 0.5) is 13.2 Å². The molecule has 1 fully saturated rings. The first-order valence-corrected chi connectivity index (χ1v) is 13.3. The van der Waals surface area contributed by atoms with E-state index >= 15 is 8.78 Å². The highest BCUT2D eigenvalue weighted by atomic mass is 32.1. The van der Waals surface area contributed by atoms with Gasteiger partial charge in [0.1, 0.15) is 29.7 Å². The summed E-state index contributed by atoms with van der Waals surface area (Å²) in [5, 5.41) is 12.7. The Morgan fingerprint density at radius 1 is 1.29 bits per heavy atom. The van der Waals surface area contributed by atoms with Crippen LogP contribution in [0.3, 0.4) is 0 Å². The van der Waals surface area contributed by atoms with Crippen LogP contribution in [0.15, 0.2) is 47.4 Å². The predicted molar refractivity (Wildman–Crippen MR) is 130 cm³/mol. The molecule has 1 aromatic heterocycles. The highest BCUT2D eigenvalue weighted by Crippen LogP contribution is 2.51. The lowest BCUT2D eigenvalue weighted by Crippen LogP contribution is -2.50. The lowest BCUT2D eigenvalue weighted by atomic mass is 9.96. The molecular formula is C22H27F3N3O8PS. The Morgan fingerprint density at radius 3 is 2.53 bits per heavy atom. The molecule has 38 heavy (non-hydrogen) atoms. The smallest absolute Gasteiger partial charge is 0.459 e. The van der Waals surface area contributed by atoms with E-state index in [0.717, 1.165) is 12.3 Å². The summed E-state index contributed by atoms with van der Waals surface area (Å²) < 4.78 is 79.7. The van der Waals surface area contributed by atoms with Gasteiger partial charge in [-0.1, -0.05) is 30.4 Å². The number of aliphatic hydroxyl groups is 1. The SMILES string of the molecule is CC(C)OC(=O)[C@H](C)NP(=O)(OC[C@@]1(F)O[C@@H](n2ccc(=S)[nH]c2=O)[C@@](F)(CF)C1O)Oc1ccccc1. The summed E-state index contributed by atoms with van der Waals surface area (Å²) in [6, 6.07) is 7.32. The van der Waals surface area contributed by atoms with Gasteiger partial charge in [-0.3, -0.25) is 18.9 Å². The van der Waals surface area contributed by atoms with Gasteiger partial charge in [-0.2, -0.15) is 5.09 Å². The van der Waals surface area contributed by atoms with E-state index in [4.69, 9.17) is 30.7 Å². The van der Waals surface area contributed by atoms with E-state index in [1.165, 1.54) is 31.2 Å². The van der Waals surface area contributed by atoms with Gasteiger partial charge in [0.15, 0.2) is 12.3 Å². The van der Waals surface area contributed by atoms with Crippen molar-refractivity contribution in [1.82, 2.24) is 14.6 Å². The fraction of sp³-hybridized carbons (Fsp3) is 0.500. The molecule has 3 N–H and O–H groups in total. The molecule has 16 heteroatoms. The molecule has 210 valence electrons. The number of esters is 1. The molecule has 0 amide bonds. The Kier molecular flexibility index (Phi) is 9.22. The zero-order chi connectivity index (χ0) is 28.3. The van der Waals surface area contributed by atoms with Crippen LogP contribution in [0.25, 0.3) is 0 Å². The Morgan fingerprint density at radius 2 is 1.95 bits per heavy atom. The number of alkyl halides is 3. The summed E-state index contributed by atoms with van der Waals surface area (Å²) in [5.41, 5.74) is -4.52. The van der Waals surface area contributed by atoms with Crippen molar-refractivity contribution >= 4 is 25.9 Å². The Hall–Kier alpha value is -2.55. The highest BCUT2D eigenvalue weighted by Gasteiger charge is 2.67. The lowest BCUT2D eigenvalue weighted by Gasteiger charge is -2.28. The van der Waals surface area contributed by atoms with E-state index in [1.54, 1.807) is 19.9 Å². The number of ether oxygens (including phenoxy) is 2. The summed E-state index contributed by atoms with van der Waals surface area (Å²) in [6.07, 6.45) is -4.71. The molecule has 0 bridgehead atoms. The summed E-state index contributed by atoms with van der Waals surface area (Å²) in [7, 11) is -4.66. The van der Waals surface area contributed by atoms with Crippen LogP contribution in [-0.2, 0) is 23.4 Å². The number of para-hydroxylation sites is 1. The highest BCUT2D eigenvalue weighted by molar-refractivity contribution is 7.71. The van der Waals surface area contributed by atoms with Crippen LogP contribution in [-0.4, -0.2) is 63.7 Å². The third-order valence-corrected chi connectivity index (χ3v) is 7.21. The van der Waals surface area contributed by atoms with Crippen molar-refractivity contribution in [2.75, 3.05) is 13.3 Å². The monoisotopic (exact) mass is 581 g/mol. The maximum absolute atomic E-state index is 15.8. The second-order valence-electron chi connectivity index (χ2n) is 8.75. The second kappa shape index (κ2) is 11.7. The first-order valence-electron chi connectivity index (χ1n) is 11.3. The minimum atomic E-state index is -4.66. The molecule has 1 aliphatic rings. The van der Waals surface area contributed by atoms with Gasteiger partial charge in [0, 0.05) is 6.20 Å². The fourth-order valence-electron chi connectivity index (χ4n) is 3.50. The first kappa shape index (κ1) is 30.0. The summed E-state index contributed by atoms with van der Waals surface area (Å²) in [4.78, 5) is 26.6. The van der Waals surface area contributed by atoms with Gasteiger partial charge < -0.3 is 19.1 Å². The summed E-state index contributed by atoms with van der Waals surface area (Å²) in [6.45, 7) is 1.03. The molecule has 3 rings (SSSR count). The van der Waals surface area contributed by atoms with Crippen molar-refractivity contribution in [3.05, 3.63) is 57.7 Å². The number of hydrogen-bond donors (Lipinski definition) is 3. The largest absolute Gasteiger partial charge is 0.462 e. The number of aromatic nitrogens is 2. The summed E-state index contributed by atoms with van der Waals surface area (Å²) in [5.74, 6) is -4.37. The molecule has 0 saturated carbocycles. The van der Waals surface area contributed by atoms with Crippen LogP contribution in [0, 0.1) is 4.64 Å². The molecule has 11 nitrogen and oxygen atoms in total. The second-order valence-corrected chi connectivity index (χ2v) is 10.9. The number of aliphatic hydroxyl groups excluding tert-OH is 1. The summed E-state index contributed by atoms with van der Waals surface area (Å²) >= 11 is 4.79. The topological polar surface area (TPSA) is 141 Å². The number of carbonyl (C=O) groups excluding carboxylic acids is 1. The normalized spacial score (nSPS) is 27.6. The van der Waals surface area contributed by atoms with Crippen molar-refractivity contribution in [2.24, 2.45) is 0 Å². The number of H-pyrrole nitrogens is 1. The molecule has 2 heterocycles. The molecule has 1 aromatic carbocycles. The van der Waals surface area contributed by atoms with Crippen molar-refractivity contribution < 1.29 is 46.2 Å². The fourth-order valence-corrected chi connectivity index (χ4v) is 5.15. The molecule has 0 spiro atoms. The molecule has 2 aromatic rings. The lowest BCUT2D eigenvalue weighted by molar-refractivity contribution is -0.204. The van der Waals surface area contributed by atoms with Crippen LogP contribution in [0.2, 0.25) is 0 Å². The van der Waals surface area contributed by atoms with Gasteiger partial charge in [-0.05, 0) is 39.0 Å². The van der Waals surface area contributed by atoms with E-state index in [0.29, 0.717) is 4.57 Å². The van der Waals surface area contributed by atoms with Gasteiger partial charge in [0.05, 0.1) is 6.10 Å².